The van der Waals surface area contributed by atoms with Gasteiger partial charge in [-0.25, -0.2) is 8.91 Å². The van der Waals surface area contributed by atoms with Gasteiger partial charge in [0.2, 0.25) is 5.95 Å². The van der Waals surface area contributed by atoms with Crippen molar-refractivity contribution in [3.8, 4) is 6.07 Å². The third-order valence-corrected chi connectivity index (χ3v) is 2.80. The second-order valence-electron chi connectivity index (χ2n) is 4.25. The summed E-state index contributed by atoms with van der Waals surface area (Å²) >= 11 is 0. The Bertz CT molecular complexity index is 803. The Morgan fingerprint density at radius 2 is 2.20 bits per heavy atom. The summed E-state index contributed by atoms with van der Waals surface area (Å²) in [5.74, 6) is 0.0497. The molecule has 0 fully saturated rings. The molecule has 5 nitrogen and oxygen atoms in total. The molecule has 0 aliphatic heterocycles. The molecule has 0 aliphatic rings. The molecule has 0 aliphatic carbocycles. The van der Waals surface area contributed by atoms with Crippen LogP contribution in [0.25, 0.3) is 5.65 Å². The van der Waals surface area contributed by atoms with Crippen LogP contribution in [-0.2, 0) is 6.54 Å². The largest absolute Gasteiger partial charge is 0.349 e. The van der Waals surface area contributed by atoms with Gasteiger partial charge in [0.15, 0.2) is 5.65 Å². The Morgan fingerprint density at radius 1 is 1.30 bits per heavy atom. The van der Waals surface area contributed by atoms with Gasteiger partial charge in [-0.05, 0) is 29.8 Å². The lowest BCUT2D eigenvalue weighted by Crippen LogP contribution is -2.01. The first kappa shape index (κ1) is 12.1. The minimum Gasteiger partial charge on any atom is -0.349 e. The second-order valence-corrected chi connectivity index (χ2v) is 4.25. The van der Waals surface area contributed by atoms with Gasteiger partial charge in [0, 0.05) is 6.54 Å². The molecule has 0 saturated heterocycles. The number of aromatic nitrogens is 3. The van der Waals surface area contributed by atoms with Crippen molar-refractivity contribution in [1.29, 1.82) is 5.26 Å². The van der Waals surface area contributed by atoms with Gasteiger partial charge in [0.05, 0.1) is 17.8 Å². The number of nitrogens with one attached hydrogen (secondary N) is 1. The summed E-state index contributed by atoms with van der Waals surface area (Å²) in [7, 11) is 0. The number of fused-ring (bicyclic) bond motifs is 1. The quantitative estimate of drug-likeness (QED) is 0.791. The van der Waals surface area contributed by atoms with Crippen LogP contribution in [0.15, 0.2) is 42.6 Å². The van der Waals surface area contributed by atoms with E-state index in [1.165, 1.54) is 16.8 Å². The van der Waals surface area contributed by atoms with E-state index in [1.807, 2.05) is 12.1 Å². The number of rotatable bonds is 3. The maximum atomic E-state index is 13.0. The number of nitrogens with zero attached hydrogens (tertiary/aromatic N) is 4. The van der Waals surface area contributed by atoms with E-state index < -0.39 is 0 Å². The SMILES string of the molecule is N#Cc1cccc(CNc2nc3ccc(F)cn3n2)c1. The Morgan fingerprint density at radius 3 is 3.05 bits per heavy atom. The molecule has 0 amide bonds. The first-order valence-corrected chi connectivity index (χ1v) is 5.99. The van der Waals surface area contributed by atoms with Crippen LogP contribution in [-0.4, -0.2) is 14.6 Å². The molecule has 98 valence electrons. The van der Waals surface area contributed by atoms with Crippen LogP contribution >= 0.6 is 0 Å². The summed E-state index contributed by atoms with van der Waals surface area (Å²) < 4.78 is 14.4. The van der Waals surface area contributed by atoms with Crippen molar-refractivity contribution in [3.05, 3.63) is 59.5 Å². The number of hydrogen-bond acceptors (Lipinski definition) is 4. The van der Waals surface area contributed by atoms with E-state index in [0.29, 0.717) is 23.7 Å². The smallest absolute Gasteiger partial charge is 0.243 e. The van der Waals surface area contributed by atoms with Crippen molar-refractivity contribution in [2.75, 3.05) is 5.32 Å². The normalized spacial score (nSPS) is 10.4. The van der Waals surface area contributed by atoms with Crippen molar-refractivity contribution in [2.45, 2.75) is 6.54 Å². The van der Waals surface area contributed by atoms with E-state index in [2.05, 4.69) is 21.5 Å². The highest BCUT2D eigenvalue weighted by Crippen LogP contribution is 2.09. The summed E-state index contributed by atoms with van der Waals surface area (Å²) in [4.78, 5) is 4.22. The number of anilines is 1. The molecule has 6 heteroatoms. The maximum Gasteiger partial charge on any atom is 0.243 e. The fraction of sp³-hybridized carbons (Fsp3) is 0.0714. The van der Waals surface area contributed by atoms with Gasteiger partial charge in [-0.1, -0.05) is 12.1 Å². The Labute approximate surface area is 114 Å². The van der Waals surface area contributed by atoms with Crippen molar-refractivity contribution in [2.24, 2.45) is 0 Å². The van der Waals surface area contributed by atoms with E-state index in [4.69, 9.17) is 5.26 Å². The highest BCUT2D eigenvalue weighted by atomic mass is 19.1. The summed E-state index contributed by atoms with van der Waals surface area (Å²) in [5.41, 5.74) is 2.13. The lowest BCUT2D eigenvalue weighted by molar-refractivity contribution is 0.615. The summed E-state index contributed by atoms with van der Waals surface area (Å²) in [6.45, 7) is 0.495. The lowest BCUT2D eigenvalue weighted by atomic mass is 10.1. The highest BCUT2D eigenvalue weighted by molar-refractivity contribution is 5.43. The number of hydrogen-bond donors (Lipinski definition) is 1. The van der Waals surface area contributed by atoms with Gasteiger partial charge in [-0.2, -0.15) is 10.2 Å². The van der Waals surface area contributed by atoms with Crippen LogP contribution in [0.5, 0.6) is 0 Å². The topological polar surface area (TPSA) is 66.0 Å². The third kappa shape index (κ3) is 2.42. The second kappa shape index (κ2) is 4.97. The van der Waals surface area contributed by atoms with Gasteiger partial charge in [0.25, 0.3) is 0 Å². The molecule has 0 spiro atoms. The first-order valence-electron chi connectivity index (χ1n) is 5.99. The average Bonchev–Trinajstić information content (AvgIpc) is 2.87. The molecule has 3 rings (SSSR count). The minimum atomic E-state index is -0.365. The molecule has 1 aromatic carbocycles. The Kier molecular flexibility index (Phi) is 3.01. The number of pyridine rings is 1. The molecule has 0 radical (unpaired) electrons. The molecule has 20 heavy (non-hydrogen) atoms. The number of benzene rings is 1. The number of halogens is 1. The molecular weight excluding hydrogens is 257 g/mol. The molecule has 2 aromatic heterocycles. The maximum absolute atomic E-state index is 13.0. The Balaban J connectivity index is 1.78. The van der Waals surface area contributed by atoms with Crippen molar-refractivity contribution < 1.29 is 4.39 Å². The van der Waals surface area contributed by atoms with Crippen LogP contribution < -0.4 is 5.32 Å². The van der Waals surface area contributed by atoms with Crippen LogP contribution in [0.3, 0.4) is 0 Å². The van der Waals surface area contributed by atoms with Gasteiger partial charge in [-0.3, -0.25) is 0 Å². The molecular formula is C14H10FN5. The van der Waals surface area contributed by atoms with Crippen molar-refractivity contribution in [1.82, 2.24) is 14.6 Å². The molecule has 1 N–H and O–H groups in total. The van der Waals surface area contributed by atoms with Crippen LogP contribution in [0.1, 0.15) is 11.1 Å². The monoisotopic (exact) mass is 267 g/mol. The van der Waals surface area contributed by atoms with E-state index in [9.17, 15) is 4.39 Å². The minimum absolute atomic E-state index is 0.365. The molecule has 0 saturated carbocycles. The van der Waals surface area contributed by atoms with Gasteiger partial charge >= 0.3 is 0 Å². The van der Waals surface area contributed by atoms with Crippen LogP contribution in [0, 0.1) is 17.1 Å². The predicted octanol–water partition coefficient (Wildman–Crippen LogP) is 2.35. The fourth-order valence-electron chi connectivity index (χ4n) is 1.86. The molecule has 3 aromatic rings. The molecule has 0 bridgehead atoms. The van der Waals surface area contributed by atoms with Crippen molar-refractivity contribution >= 4 is 11.6 Å². The molecule has 0 unspecified atom stereocenters. The van der Waals surface area contributed by atoms with E-state index >= 15 is 0 Å². The van der Waals surface area contributed by atoms with E-state index in [1.54, 1.807) is 18.2 Å². The van der Waals surface area contributed by atoms with Crippen molar-refractivity contribution in [3.63, 3.8) is 0 Å². The number of nitriles is 1. The first-order chi connectivity index (χ1) is 9.74. The predicted molar refractivity (Wildman–Crippen MR) is 71.4 cm³/mol. The fourth-order valence-corrected chi connectivity index (χ4v) is 1.86. The molecule has 0 atom stereocenters. The zero-order valence-corrected chi connectivity index (χ0v) is 10.4. The summed E-state index contributed by atoms with van der Waals surface area (Å²) in [6.07, 6.45) is 1.27. The van der Waals surface area contributed by atoms with Gasteiger partial charge in [0.1, 0.15) is 5.82 Å². The zero-order valence-electron chi connectivity index (χ0n) is 10.4. The van der Waals surface area contributed by atoms with Crippen LogP contribution in [0.4, 0.5) is 10.3 Å². The van der Waals surface area contributed by atoms with E-state index in [0.717, 1.165) is 5.56 Å². The zero-order chi connectivity index (χ0) is 13.9. The van der Waals surface area contributed by atoms with Gasteiger partial charge < -0.3 is 5.32 Å². The highest BCUT2D eigenvalue weighted by Gasteiger charge is 2.04. The summed E-state index contributed by atoms with van der Waals surface area (Å²) in [6, 6.07) is 12.3. The average molecular weight is 267 g/mol. The Hall–Kier alpha value is -2.94. The van der Waals surface area contributed by atoms with Crippen LogP contribution in [0.2, 0.25) is 0 Å². The standard InChI is InChI=1S/C14H10FN5/c15-12-4-5-13-18-14(19-20(13)9-12)17-8-11-3-1-2-10(6-11)7-16/h1-6,9H,8H2,(H,17,19). The summed E-state index contributed by atoms with van der Waals surface area (Å²) in [5, 5.41) is 16.0. The molecule has 2 heterocycles. The third-order valence-electron chi connectivity index (χ3n) is 2.80. The lowest BCUT2D eigenvalue weighted by Gasteiger charge is -2.01. The van der Waals surface area contributed by atoms with Gasteiger partial charge in [-0.15, -0.1) is 5.10 Å². The van der Waals surface area contributed by atoms with E-state index in [-0.39, 0.29) is 5.82 Å².